The lowest BCUT2D eigenvalue weighted by Gasteiger charge is -2.07. The van der Waals surface area contributed by atoms with Crippen molar-refractivity contribution in [2.75, 3.05) is 0 Å². The molecule has 5 nitrogen and oxygen atoms in total. The van der Waals surface area contributed by atoms with E-state index >= 15 is 0 Å². The Morgan fingerprint density at radius 1 is 1.19 bits per heavy atom. The largest absolute Gasteiger partial charge is 0.299 e. The number of fused-ring (bicyclic) bond motifs is 1. The van der Waals surface area contributed by atoms with Gasteiger partial charge in [0.1, 0.15) is 10.8 Å². The van der Waals surface area contributed by atoms with Crippen molar-refractivity contribution in [2.45, 2.75) is 26.2 Å². The minimum absolute atomic E-state index is 0.236. The number of nitrogens with zero attached hydrogens (tertiary/aromatic N) is 4. The summed E-state index contributed by atoms with van der Waals surface area (Å²) in [5, 5.41) is 5.24. The smallest absolute Gasteiger partial charge is 0.139 e. The molecule has 0 N–H and O–H groups in total. The number of carbonyl (C=O) groups excluding carboxylic acids is 1. The maximum absolute atomic E-state index is 12.0. The van der Waals surface area contributed by atoms with Gasteiger partial charge in [0.15, 0.2) is 0 Å². The lowest BCUT2D eigenvalue weighted by atomic mass is 10.1. The van der Waals surface area contributed by atoms with E-state index in [0.717, 1.165) is 38.5 Å². The molecule has 0 fully saturated rings. The zero-order chi connectivity index (χ0) is 17.9. The summed E-state index contributed by atoms with van der Waals surface area (Å²) < 4.78 is 2.89. The van der Waals surface area contributed by atoms with E-state index in [2.05, 4.69) is 22.2 Å². The Bertz CT molecular complexity index is 1040. The van der Waals surface area contributed by atoms with Crippen molar-refractivity contribution >= 4 is 27.3 Å². The minimum atomic E-state index is 0.236. The number of rotatable bonds is 6. The van der Waals surface area contributed by atoms with Gasteiger partial charge in [-0.25, -0.2) is 9.67 Å². The zero-order valence-corrected chi connectivity index (χ0v) is 15.2. The molecule has 0 spiro atoms. The molecule has 0 aliphatic heterocycles. The van der Waals surface area contributed by atoms with E-state index in [1.54, 1.807) is 23.7 Å². The lowest BCUT2D eigenvalue weighted by Crippen LogP contribution is -2.00. The number of carbonyl (C=O) groups is 1. The van der Waals surface area contributed by atoms with Crippen molar-refractivity contribution in [1.82, 2.24) is 19.7 Å². The Hall–Kier alpha value is -2.86. The summed E-state index contributed by atoms with van der Waals surface area (Å²) in [7, 11) is 0. The molecule has 0 bridgehead atoms. The molecule has 0 amide bonds. The number of hydrogen-bond donors (Lipinski definition) is 0. The fourth-order valence-electron chi connectivity index (χ4n) is 2.95. The number of ketones is 1. The quantitative estimate of drug-likeness (QED) is 0.508. The molecule has 6 heteroatoms. The molecule has 4 rings (SSSR count). The topological polar surface area (TPSA) is 60.7 Å². The highest BCUT2D eigenvalue weighted by Crippen LogP contribution is 2.33. The highest BCUT2D eigenvalue weighted by atomic mass is 32.1. The number of aromatic nitrogens is 4. The normalized spacial score (nSPS) is 11.1. The fourth-order valence-corrected chi connectivity index (χ4v) is 4.03. The van der Waals surface area contributed by atoms with Crippen LogP contribution in [-0.2, 0) is 11.2 Å². The molecular weight excluding hydrogens is 344 g/mol. The Balaban J connectivity index is 1.85. The van der Waals surface area contributed by atoms with E-state index in [9.17, 15) is 4.79 Å². The Morgan fingerprint density at radius 2 is 2.12 bits per heavy atom. The van der Waals surface area contributed by atoms with Crippen LogP contribution in [0, 0.1) is 0 Å². The lowest BCUT2D eigenvalue weighted by molar-refractivity contribution is -0.118. The highest BCUT2D eigenvalue weighted by Gasteiger charge is 2.15. The van der Waals surface area contributed by atoms with E-state index in [4.69, 9.17) is 4.98 Å². The summed E-state index contributed by atoms with van der Waals surface area (Å²) in [6.07, 6.45) is 9.14. The van der Waals surface area contributed by atoms with Gasteiger partial charge in [-0.05, 0) is 36.2 Å². The maximum atomic E-state index is 12.0. The summed E-state index contributed by atoms with van der Waals surface area (Å²) in [5.74, 6) is 0.236. The van der Waals surface area contributed by atoms with Gasteiger partial charge < -0.3 is 0 Å². The first-order valence-electron chi connectivity index (χ1n) is 8.60. The molecule has 3 heterocycles. The monoisotopic (exact) mass is 362 g/mol. The molecule has 0 saturated carbocycles. The standard InChI is InChI=1S/C20H18N4OS/c1-2-5-16(25)12-19-23-17-10-15(14-6-3-7-21-13-14)11-18(20(17)26-19)24-9-4-8-22-24/h3-4,6-11,13H,2,5,12H2,1H3. The third-order valence-corrected chi connectivity index (χ3v) is 5.23. The van der Waals surface area contributed by atoms with Gasteiger partial charge in [0.2, 0.25) is 0 Å². The summed E-state index contributed by atoms with van der Waals surface area (Å²) in [5.41, 5.74) is 3.92. The van der Waals surface area contributed by atoms with Gasteiger partial charge in [-0.3, -0.25) is 9.78 Å². The van der Waals surface area contributed by atoms with Crippen LogP contribution in [0.25, 0.3) is 27.0 Å². The van der Waals surface area contributed by atoms with E-state index in [0.29, 0.717) is 12.8 Å². The van der Waals surface area contributed by atoms with Gasteiger partial charge in [-0.1, -0.05) is 13.0 Å². The molecule has 0 unspecified atom stereocenters. The van der Waals surface area contributed by atoms with Crippen LogP contribution < -0.4 is 0 Å². The van der Waals surface area contributed by atoms with Gasteiger partial charge in [-0.15, -0.1) is 11.3 Å². The third kappa shape index (κ3) is 3.28. The van der Waals surface area contributed by atoms with Crippen LogP contribution in [0.3, 0.4) is 0 Å². The Labute approximate surface area is 155 Å². The first kappa shape index (κ1) is 16.6. The van der Waals surface area contributed by atoms with Crippen molar-refractivity contribution in [3.8, 4) is 16.8 Å². The van der Waals surface area contributed by atoms with Crippen molar-refractivity contribution in [1.29, 1.82) is 0 Å². The molecule has 0 saturated heterocycles. The molecule has 0 radical (unpaired) electrons. The van der Waals surface area contributed by atoms with E-state index in [1.807, 2.05) is 42.2 Å². The van der Waals surface area contributed by atoms with Crippen LogP contribution in [0.5, 0.6) is 0 Å². The summed E-state index contributed by atoms with van der Waals surface area (Å²) in [4.78, 5) is 21.0. The number of hydrogen-bond acceptors (Lipinski definition) is 5. The first-order valence-corrected chi connectivity index (χ1v) is 9.42. The van der Waals surface area contributed by atoms with Crippen molar-refractivity contribution in [3.05, 3.63) is 60.1 Å². The summed E-state index contributed by atoms with van der Waals surface area (Å²) >= 11 is 1.57. The van der Waals surface area contributed by atoms with Crippen LogP contribution in [-0.4, -0.2) is 25.5 Å². The molecule has 26 heavy (non-hydrogen) atoms. The first-order chi connectivity index (χ1) is 12.7. The second-order valence-electron chi connectivity index (χ2n) is 6.11. The van der Waals surface area contributed by atoms with Gasteiger partial charge in [0.05, 0.1) is 22.3 Å². The second kappa shape index (κ2) is 7.17. The fraction of sp³-hybridized carbons (Fsp3) is 0.200. The highest BCUT2D eigenvalue weighted by molar-refractivity contribution is 7.19. The van der Waals surface area contributed by atoms with Crippen LogP contribution in [0.2, 0.25) is 0 Å². The maximum Gasteiger partial charge on any atom is 0.139 e. The molecule has 0 aliphatic rings. The Morgan fingerprint density at radius 3 is 2.85 bits per heavy atom. The van der Waals surface area contributed by atoms with Gasteiger partial charge in [0.25, 0.3) is 0 Å². The number of Topliss-reactive ketones (excluding diaryl/α,β-unsaturated/α-hetero) is 1. The molecule has 0 aliphatic carbocycles. The van der Waals surface area contributed by atoms with Crippen molar-refractivity contribution in [3.63, 3.8) is 0 Å². The Kier molecular flexibility index (Phi) is 4.58. The van der Waals surface area contributed by atoms with Crippen molar-refractivity contribution < 1.29 is 4.79 Å². The molecule has 1 aromatic carbocycles. The third-order valence-electron chi connectivity index (χ3n) is 4.14. The molecule has 130 valence electrons. The van der Waals surface area contributed by atoms with E-state index in [-0.39, 0.29) is 5.78 Å². The van der Waals surface area contributed by atoms with Gasteiger partial charge in [0, 0.05) is 36.8 Å². The van der Waals surface area contributed by atoms with Crippen LogP contribution in [0.15, 0.2) is 55.1 Å². The SMILES string of the molecule is CCCC(=O)Cc1nc2cc(-c3cccnc3)cc(-n3cccn3)c2s1. The predicted molar refractivity (Wildman–Crippen MR) is 104 cm³/mol. The number of pyridine rings is 1. The predicted octanol–water partition coefficient (Wildman–Crippen LogP) is 4.46. The van der Waals surface area contributed by atoms with Gasteiger partial charge >= 0.3 is 0 Å². The minimum Gasteiger partial charge on any atom is -0.299 e. The van der Waals surface area contributed by atoms with E-state index in [1.165, 1.54) is 0 Å². The van der Waals surface area contributed by atoms with Crippen molar-refractivity contribution in [2.24, 2.45) is 0 Å². The van der Waals surface area contributed by atoms with E-state index < -0.39 is 0 Å². The van der Waals surface area contributed by atoms with Gasteiger partial charge in [-0.2, -0.15) is 5.10 Å². The van der Waals surface area contributed by atoms with Crippen LogP contribution in [0.4, 0.5) is 0 Å². The van der Waals surface area contributed by atoms with Crippen LogP contribution in [0.1, 0.15) is 24.8 Å². The zero-order valence-electron chi connectivity index (χ0n) is 14.4. The molecule has 0 atom stereocenters. The molecule has 3 aromatic heterocycles. The molecule has 4 aromatic rings. The average Bonchev–Trinajstić information content (AvgIpc) is 3.31. The number of thiazole rings is 1. The van der Waals surface area contributed by atoms with Crippen LogP contribution >= 0.6 is 11.3 Å². The average molecular weight is 362 g/mol. The second-order valence-corrected chi connectivity index (χ2v) is 7.19. The molecular formula is C20H18N4OS. The summed E-state index contributed by atoms with van der Waals surface area (Å²) in [6, 6.07) is 10.0. The summed E-state index contributed by atoms with van der Waals surface area (Å²) in [6.45, 7) is 2.02. The number of benzene rings is 1.